The summed E-state index contributed by atoms with van der Waals surface area (Å²) >= 11 is 0. The van der Waals surface area contributed by atoms with E-state index in [9.17, 15) is 18.0 Å². The van der Waals surface area contributed by atoms with Crippen molar-refractivity contribution in [2.45, 2.75) is 44.3 Å². The molecule has 1 unspecified atom stereocenters. The van der Waals surface area contributed by atoms with Crippen molar-refractivity contribution in [3.05, 3.63) is 0 Å². The summed E-state index contributed by atoms with van der Waals surface area (Å²) in [7, 11) is 0. The Hall–Kier alpha value is -0.490. The summed E-state index contributed by atoms with van der Waals surface area (Å²) < 4.78 is 35.3. The van der Waals surface area contributed by atoms with Gasteiger partial charge in [-0.2, -0.15) is 13.2 Å². The highest BCUT2D eigenvalue weighted by molar-refractivity contribution is 5.85. The van der Waals surface area contributed by atoms with Gasteiger partial charge in [0.15, 0.2) is 0 Å². The first-order chi connectivity index (χ1) is 7.47. The number of rotatable bonds is 5. The van der Waals surface area contributed by atoms with Gasteiger partial charge >= 0.3 is 6.18 Å². The summed E-state index contributed by atoms with van der Waals surface area (Å²) in [6, 6.07) is 0.355. The number of carbonyl (C=O) groups excluding carboxylic acids is 1. The molecule has 0 aromatic heterocycles. The minimum Gasteiger partial charge on any atom is -0.356 e. The molecular weight excluding hydrogens is 257 g/mol. The molecule has 1 aliphatic heterocycles. The summed E-state index contributed by atoms with van der Waals surface area (Å²) in [5, 5.41) is 5.51. The fourth-order valence-electron chi connectivity index (χ4n) is 1.74. The molecule has 1 heterocycles. The Balaban J connectivity index is 0.00000256. The van der Waals surface area contributed by atoms with E-state index in [1.165, 1.54) is 0 Å². The van der Waals surface area contributed by atoms with Crippen LogP contribution in [-0.4, -0.2) is 31.2 Å². The van der Waals surface area contributed by atoms with Crippen molar-refractivity contribution in [3.63, 3.8) is 0 Å². The maximum Gasteiger partial charge on any atom is 0.390 e. The summed E-state index contributed by atoms with van der Waals surface area (Å²) in [6.45, 7) is 0.654. The van der Waals surface area contributed by atoms with Crippen LogP contribution >= 0.6 is 12.4 Å². The minimum absolute atomic E-state index is 0. The lowest BCUT2D eigenvalue weighted by molar-refractivity contribution is -0.135. The SMILES string of the molecule is Cl.O=C(CCC1CCCN1)NCCC(F)(F)F. The second-order valence-electron chi connectivity index (χ2n) is 4.05. The molecule has 1 amide bonds. The Labute approximate surface area is 105 Å². The van der Waals surface area contributed by atoms with Gasteiger partial charge in [0.05, 0.1) is 6.42 Å². The molecule has 0 saturated carbocycles. The highest BCUT2D eigenvalue weighted by atomic mass is 35.5. The van der Waals surface area contributed by atoms with E-state index in [-0.39, 0.29) is 24.9 Å². The summed E-state index contributed by atoms with van der Waals surface area (Å²) in [4.78, 5) is 11.2. The largest absolute Gasteiger partial charge is 0.390 e. The average Bonchev–Trinajstić information content (AvgIpc) is 2.65. The van der Waals surface area contributed by atoms with Crippen LogP contribution in [-0.2, 0) is 4.79 Å². The number of halogens is 4. The maximum atomic E-state index is 11.8. The fourth-order valence-corrected chi connectivity index (χ4v) is 1.74. The lowest BCUT2D eigenvalue weighted by atomic mass is 10.1. The molecule has 1 aliphatic rings. The van der Waals surface area contributed by atoms with Crippen LogP contribution in [0.5, 0.6) is 0 Å². The molecule has 0 radical (unpaired) electrons. The van der Waals surface area contributed by atoms with Gasteiger partial charge in [0.1, 0.15) is 0 Å². The van der Waals surface area contributed by atoms with Gasteiger partial charge < -0.3 is 10.6 Å². The van der Waals surface area contributed by atoms with Crippen LogP contribution < -0.4 is 10.6 Å². The zero-order chi connectivity index (χ0) is 12.0. The van der Waals surface area contributed by atoms with E-state index in [1.807, 2.05) is 0 Å². The van der Waals surface area contributed by atoms with Gasteiger partial charge in [-0.15, -0.1) is 12.4 Å². The van der Waals surface area contributed by atoms with Crippen molar-refractivity contribution in [3.8, 4) is 0 Å². The van der Waals surface area contributed by atoms with Crippen LogP contribution in [0.2, 0.25) is 0 Å². The maximum absolute atomic E-state index is 11.8. The quantitative estimate of drug-likeness (QED) is 0.805. The molecule has 3 nitrogen and oxygen atoms in total. The lowest BCUT2D eigenvalue weighted by Crippen LogP contribution is -2.30. The predicted molar refractivity (Wildman–Crippen MR) is 61.2 cm³/mol. The number of hydrogen-bond acceptors (Lipinski definition) is 2. The number of hydrogen-bond donors (Lipinski definition) is 2. The third-order valence-electron chi connectivity index (χ3n) is 2.61. The molecule has 2 N–H and O–H groups in total. The van der Waals surface area contributed by atoms with Gasteiger partial charge in [0.25, 0.3) is 0 Å². The molecule has 1 atom stereocenters. The monoisotopic (exact) mass is 274 g/mol. The van der Waals surface area contributed by atoms with Gasteiger partial charge in [0.2, 0.25) is 5.91 Å². The number of alkyl halides is 3. The lowest BCUT2D eigenvalue weighted by Gasteiger charge is -2.10. The van der Waals surface area contributed by atoms with E-state index in [1.54, 1.807) is 0 Å². The minimum atomic E-state index is -4.19. The Kier molecular flexibility index (Phi) is 7.54. The van der Waals surface area contributed by atoms with Crippen LogP contribution in [0.3, 0.4) is 0 Å². The van der Waals surface area contributed by atoms with Crippen molar-refractivity contribution >= 4 is 18.3 Å². The van der Waals surface area contributed by atoms with E-state index < -0.39 is 12.6 Å². The first kappa shape index (κ1) is 16.5. The summed E-state index contributed by atoms with van der Waals surface area (Å²) in [5.74, 6) is -0.294. The van der Waals surface area contributed by atoms with E-state index in [2.05, 4.69) is 10.6 Å². The van der Waals surface area contributed by atoms with E-state index in [0.717, 1.165) is 19.4 Å². The number of nitrogens with one attached hydrogen (secondary N) is 2. The van der Waals surface area contributed by atoms with Crippen LogP contribution in [0.1, 0.15) is 32.1 Å². The van der Waals surface area contributed by atoms with Crippen molar-refractivity contribution in [1.29, 1.82) is 0 Å². The molecule has 102 valence electrons. The van der Waals surface area contributed by atoms with Crippen LogP contribution in [0.25, 0.3) is 0 Å². The summed E-state index contributed by atoms with van der Waals surface area (Å²) in [5.41, 5.74) is 0. The molecule has 0 bridgehead atoms. The molecule has 0 spiro atoms. The second kappa shape index (κ2) is 7.76. The van der Waals surface area contributed by atoms with Crippen LogP contribution in [0, 0.1) is 0 Å². The topological polar surface area (TPSA) is 41.1 Å². The molecule has 17 heavy (non-hydrogen) atoms. The number of amides is 1. The zero-order valence-electron chi connectivity index (χ0n) is 9.48. The molecule has 0 aromatic rings. The Morgan fingerprint density at radius 1 is 1.41 bits per heavy atom. The highest BCUT2D eigenvalue weighted by Gasteiger charge is 2.26. The zero-order valence-corrected chi connectivity index (χ0v) is 10.3. The third kappa shape index (κ3) is 8.26. The molecule has 7 heteroatoms. The van der Waals surface area contributed by atoms with Gasteiger partial charge in [0, 0.05) is 19.0 Å². The molecule has 1 fully saturated rings. The molecule has 1 rings (SSSR count). The van der Waals surface area contributed by atoms with Crippen LogP contribution in [0.15, 0.2) is 0 Å². The third-order valence-corrected chi connectivity index (χ3v) is 2.61. The first-order valence-corrected chi connectivity index (χ1v) is 5.54. The Morgan fingerprint density at radius 2 is 2.12 bits per heavy atom. The highest BCUT2D eigenvalue weighted by Crippen LogP contribution is 2.18. The molecule has 1 saturated heterocycles. The fraction of sp³-hybridized carbons (Fsp3) is 0.900. The van der Waals surface area contributed by atoms with Gasteiger partial charge in [-0.05, 0) is 25.8 Å². The normalized spacial score (nSPS) is 19.8. The van der Waals surface area contributed by atoms with Gasteiger partial charge in [-0.3, -0.25) is 4.79 Å². The Morgan fingerprint density at radius 3 is 2.65 bits per heavy atom. The standard InChI is InChI=1S/C10H17F3N2O.ClH/c11-10(12,13)5-7-15-9(16)4-3-8-2-1-6-14-8;/h8,14H,1-7H2,(H,15,16);1H. The van der Waals surface area contributed by atoms with Crippen molar-refractivity contribution in [1.82, 2.24) is 10.6 Å². The smallest absolute Gasteiger partial charge is 0.356 e. The van der Waals surface area contributed by atoms with Gasteiger partial charge in [-0.25, -0.2) is 0 Å². The summed E-state index contributed by atoms with van der Waals surface area (Å²) in [6.07, 6.45) is -1.98. The van der Waals surface area contributed by atoms with E-state index in [4.69, 9.17) is 0 Å². The van der Waals surface area contributed by atoms with E-state index >= 15 is 0 Å². The predicted octanol–water partition coefficient (Wildman–Crippen LogP) is 2.01. The molecule has 0 aromatic carbocycles. The average molecular weight is 275 g/mol. The first-order valence-electron chi connectivity index (χ1n) is 5.54. The Bertz CT molecular complexity index is 230. The van der Waals surface area contributed by atoms with Gasteiger partial charge in [-0.1, -0.05) is 0 Å². The van der Waals surface area contributed by atoms with Crippen molar-refractivity contribution in [2.24, 2.45) is 0 Å². The van der Waals surface area contributed by atoms with Crippen molar-refractivity contribution < 1.29 is 18.0 Å². The van der Waals surface area contributed by atoms with E-state index in [0.29, 0.717) is 18.9 Å². The van der Waals surface area contributed by atoms with Crippen molar-refractivity contribution in [2.75, 3.05) is 13.1 Å². The number of carbonyl (C=O) groups is 1. The second-order valence-corrected chi connectivity index (χ2v) is 4.05. The molecular formula is C10H18ClF3N2O. The van der Waals surface area contributed by atoms with Crippen LogP contribution in [0.4, 0.5) is 13.2 Å². The molecule has 0 aliphatic carbocycles.